The third-order valence-corrected chi connectivity index (χ3v) is 4.67. The summed E-state index contributed by atoms with van der Waals surface area (Å²) in [5.41, 5.74) is 3.56. The highest BCUT2D eigenvalue weighted by atomic mass is 32.2. The number of carboxylic acid groups (broad SMARTS) is 1. The van der Waals surface area contributed by atoms with Gasteiger partial charge >= 0.3 is 5.97 Å². The maximum atomic E-state index is 11.9. The molecule has 1 aromatic rings. The summed E-state index contributed by atoms with van der Waals surface area (Å²) in [5, 5.41) is 11.2. The molecule has 0 bridgehead atoms. The van der Waals surface area contributed by atoms with E-state index < -0.39 is 12.0 Å². The number of carbonyl (C=O) groups is 2. The molecule has 1 aliphatic heterocycles. The summed E-state index contributed by atoms with van der Waals surface area (Å²) >= 11 is 1.42. The maximum Gasteiger partial charge on any atom is 0.327 e. The van der Waals surface area contributed by atoms with E-state index in [-0.39, 0.29) is 11.2 Å². The number of hydrogen-bond donors (Lipinski definition) is 2. The first-order chi connectivity index (χ1) is 8.97. The number of benzene rings is 1. The van der Waals surface area contributed by atoms with E-state index in [1.807, 2.05) is 13.0 Å². The molecule has 2 rings (SSSR count). The van der Waals surface area contributed by atoms with Crippen molar-refractivity contribution in [2.24, 2.45) is 0 Å². The van der Waals surface area contributed by atoms with Gasteiger partial charge < -0.3 is 10.4 Å². The Kier molecular flexibility index (Phi) is 4.14. The van der Waals surface area contributed by atoms with Crippen molar-refractivity contribution in [1.82, 2.24) is 5.32 Å². The second kappa shape index (κ2) is 5.65. The molecule has 2 unspecified atom stereocenters. The number of carboxylic acids is 1. The van der Waals surface area contributed by atoms with Gasteiger partial charge in [-0.15, -0.1) is 11.8 Å². The minimum Gasteiger partial charge on any atom is -0.480 e. The van der Waals surface area contributed by atoms with E-state index in [2.05, 4.69) is 24.4 Å². The lowest BCUT2D eigenvalue weighted by atomic mass is 10.0. The highest BCUT2D eigenvalue weighted by Crippen LogP contribution is 2.23. The quantitative estimate of drug-likeness (QED) is 0.880. The molecule has 0 spiro atoms. The Morgan fingerprint density at radius 2 is 2.16 bits per heavy atom. The second-order valence-corrected chi connectivity index (χ2v) is 6.08. The summed E-state index contributed by atoms with van der Waals surface area (Å²) in [6.07, 6.45) is 0.643. The number of thioether (sulfide) groups is 1. The van der Waals surface area contributed by atoms with Crippen molar-refractivity contribution in [3.8, 4) is 0 Å². The van der Waals surface area contributed by atoms with E-state index in [0.29, 0.717) is 12.2 Å². The van der Waals surface area contributed by atoms with Crippen LogP contribution in [0.25, 0.3) is 0 Å². The van der Waals surface area contributed by atoms with Crippen LogP contribution < -0.4 is 5.32 Å². The van der Waals surface area contributed by atoms with Gasteiger partial charge in [0.1, 0.15) is 6.04 Å². The van der Waals surface area contributed by atoms with Crippen LogP contribution in [0.1, 0.15) is 16.7 Å². The topological polar surface area (TPSA) is 66.4 Å². The lowest BCUT2D eigenvalue weighted by molar-refractivity contribution is -0.141. The number of hydrogen-bond acceptors (Lipinski definition) is 3. The van der Waals surface area contributed by atoms with E-state index in [9.17, 15) is 9.59 Å². The number of aliphatic carboxylic acids is 1. The van der Waals surface area contributed by atoms with E-state index in [0.717, 1.165) is 5.56 Å². The Labute approximate surface area is 116 Å². The van der Waals surface area contributed by atoms with Gasteiger partial charge in [0.05, 0.1) is 5.25 Å². The van der Waals surface area contributed by atoms with Crippen LogP contribution in [-0.4, -0.2) is 34.0 Å². The van der Waals surface area contributed by atoms with Gasteiger partial charge in [0.25, 0.3) is 0 Å². The van der Waals surface area contributed by atoms with Gasteiger partial charge in [-0.05, 0) is 37.0 Å². The van der Waals surface area contributed by atoms with Gasteiger partial charge in [-0.2, -0.15) is 0 Å². The maximum absolute atomic E-state index is 11.9. The molecular weight excluding hydrogens is 262 g/mol. The number of aryl methyl sites for hydroxylation is 2. The highest BCUT2D eigenvalue weighted by molar-refractivity contribution is 8.00. The van der Waals surface area contributed by atoms with Crippen LogP contribution in [0.5, 0.6) is 0 Å². The highest BCUT2D eigenvalue weighted by Gasteiger charge is 2.32. The SMILES string of the molecule is Cc1ccc(CC2SCC(C(=O)O)NC2=O)cc1C. The molecule has 4 nitrogen and oxygen atoms in total. The minimum absolute atomic E-state index is 0.179. The van der Waals surface area contributed by atoms with Crippen LogP contribution in [0, 0.1) is 13.8 Å². The Hall–Kier alpha value is -1.49. The monoisotopic (exact) mass is 279 g/mol. The van der Waals surface area contributed by atoms with Crippen LogP contribution >= 0.6 is 11.8 Å². The zero-order valence-electron chi connectivity index (χ0n) is 11.0. The molecule has 0 saturated carbocycles. The molecule has 1 saturated heterocycles. The molecule has 0 aliphatic carbocycles. The van der Waals surface area contributed by atoms with Crippen molar-refractivity contribution < 1.29 is 14.7 Å². The van der Waals surface area contributed by atoms with Gasteiger partial charge in [0.15, 0.2) is 0 Å². The standard InChI is InChI=1S/C14H17NO3S/c1-8-3-4-10(5-9(8)2)6-12-13(16)15-11(7-19-12)14(17)18/h3-5,11-12H,6-7H2,1-2H3,(H,15,16)(H,17,18). The molecule has 1 fully saturated rings. The van der Waals surface area contributed by atoms with Crippen molar-refractivity contribution in [2.75, 3.05) is 5.75 Å². The Bertz CT molecular complexity index is 515. The summed E-state index contributed by atoms with van der Waals surface area (Å²) in [6.45, 7) is 4.10. The fourth-order valence-electron chi connectivity index (χ4n) is 2.02. The Morgan fingerprint density at radius 3 is 2.74 bits per heavy atom. The van der Waals surface area contributed by atoms with E-state index in [4.69, 9.17) is 5.11 Å². The van der Waals surface area contributed by atoms with Gasteiger partial charge in [0, 0.05) is 5.75 Å². The molecule has 1 amide bonds. The Balaban J connectivity index is 2.02. The van der Waals surface area contributed by atoms with Crippen LogP contribution in [0.15, 0.2) is 18.2 Å². The van der Waals surface area contributed by atoms with Crippen LogP contribution in [0.2, 0.25) is 0 Å². The number of amides is 1. The fraction of sp³-hybridized carbons (Fsp3) is 0.429. The van der Waals surface area contributed by atoms with Crippen molar-refractivity contribution in [2.45, 2.75) is 31.6 Å². The van der Waals surface area contributed by atoms with Crippen molar-refractivity contribution >= 4 is 23.6 Å². The van der Waals surface area contributed by atoms with Gasteiger partial charge in [-0.1, -0.05) is 18.2 Å². The molecule has 5 heteroatoms. The van der Waals surface area contributed by atoms with E-state index in [1.54, 1.807) is 0 Å². The average molecular weight is 279 g/mol. The minimum atomic E-state index is -0.967. The number of rotatable bonds is 3. The van der Waals surface area contributed by atoms with Crippen LogP contribution in [-0.2, 0) is 16.0 Å². The van der Waals surface area contributed by atoms with Gasteiger partial charge in [-0.25, -0.2) is 4.79 Å². The van der Waals surface area contributed by atoms with Gasteiger partial charge in [0.2, 0.25) is 5.91 Å². The van der Waals surface area contributed by atoms with Crippen molar-refractivity contribution in [1.29, 1.82) is 0 Å². The molecule has 0 radical (unpaired) electrons. The molecule has 2 N–H and O–H groups in total. The normalized spacial score (nSPS) is 22.9. The molecule has 2 atom stereocenters. The fourth-order valence-corrected chi connectivity index (χ4v) is 3.20. The van der Waals surface area contributed by atoms with E-state index in [1.165, 1.54) is 22.9 Å². The summed E-state index contributed by atoms with van der Waals surface area (Å²) < 4.78 is 0. The van der Waals surface area contributed by atoms with Crippen LogP contribution in [0.3, 0.4) is 0 Å². The summed E-state index contributed by atoms with van der Waals surface area (Å²) in [7, 11) is 0. The zero-order valence-corrected chi connectivity index (χ0v) is 11.8. The van der Waals surface area contributed by atoms with Crippen molar-refractivity contribution in [3.05, 3.63) is 34.9 Å². The number of nitrogens with one attached hydrogen (secondary N) is 1. The first-order valence-corrected chi connectivity index (χ1v) is 7.23. The van der Waals surface area contributed by atoms with E-state index >= 15 is 0 Å². The zero-order chi connectivity index (χ0) is 14.0. The molecule has 0 aromatic heterocycles. The van der Waals surface area contributed by atoms with Gasteiger partial charge in [-0.3, -0.25) is 4.79 Å². The predicted octanol–water partition coefficient (Wildman–Crippen LogP) is 1.53. The molecule has 1 aliphatic rings. The average Bonchev–Trinajstić information content (AvgIpc) is 2.36. The lowest BCUT2D eigenvalue weighted by Crippen LogP contribution is -2.51. The molecule has 1 aromatic carbocycles. The smallest absolute Gasteiger partial charge is 0.327 e. The third-order valence-electron chi connectivity index (χ3n) is 3.36. The molecule has 19 heavy (non-hydrogen) atoms. The lowest BCUT2D eigenvalue weighted by Gasteiger charge is -2.26. The van der Waals surface area contributed by atoms with Crippen LogP contribution in [0.4, 0.5) is 0 Å². The first kappa shape index (κ1) is 13.9. The molecule has 102 valence electrons. The Morgan fingerprint density at radius 1 is 1.42 bits per heavy atom. The first-order valence-electron chi connectivity index (χ1n) is 6.18. The summed E-state index contributed by atoms with van der Waals surface area (Å²) in [5.74, 6) is -0.719. The molecule has 1 heterocycles. The molecular formula is C14H17NO3S. The largest absolute Gasteiger partial charge is 0.480 e. The number of carbonyl (C=O) groups excluding carboxylic acids is 1. The second-order valence-electron chi connectivity index (χ2n) is 4.84. The summed E-state index contributed by atoms with van der Waals surface area (Å²) in [4.78, 5) is 22.7. The summed E-state index contributed by atoms with van der Waals surface area (Å²) in [6, 6.07) is 5.41. The third kappa shape index (κ3) is 3.29. The predicted molar refractivity (Wildman–Crippen MR) is 75.4 cm³/mol. The van der Waals surface area contributed by atoms with Crippen molar-refractivity contribution in [3.63, 3.8) is 0 Å².